The minimum Gasteiger partial charge on any atom is -0.480 e. The molecule has 0 amide bonds. The number of pyridine rings is 1. The molecule has 0 saturated carbocycles. The molecule has 0 aromatic carbocycles. The molecule has 3 rings (SSSR count). The summed E-state index contributed by atoms with van der Waals surface area (Å²) in [5, 5.41) is 3.19. The van der Waals surface area contributed by atoms with Crippen molar-refractivity contribution in [3.05, 3.63) is 17.8 Å². The van der Waals surface area contributed by atoms with Gasteiger partial charge in [-0.1, -0.05) is 11.8 Å². The molecule has 2 aromatic rings. The Bertz CT molecular complexity index is 648. The molecule has 0 atom stereocenters. The van der Waals surface area contributed by atoms with Crippen LogP contribution in [0.25, 0.3) is 0 Å². The summed E-state index contributed by atoms with van der Waals surface area (Å²) in [6.45, 7) is 1.95. The number of fused-ring (bicyclic) bond motifs is 2. The van der Waals surface area contributed by atoms with Crippen LogP contribution in [0.1, 0.15) is 5.69 Å². The molecule has 19 heavy (non-hydrogen) atoms. The molecule has 1 N–H and O–H groups in total. The molecule has 0 radical (unpaired) electrons. The van der Waals surface area contributed by atoms with Crippen molar-refractivity contribution in [1.82, 2.24) is 15.0 Å². The summed E-state index contributed by atoms with van der Waals surface area (Å²) in [7, 11) is 3.10. The van der Waals surface area contributed by atoms with Crippen LogP contribution in [0.4, 0.5) is 11.6 Å². The van der Waals surface area contributed by atoms with Crippen molar-refractivity contribution in [1.29, 1.82) is 0 Å². The lowest BCUT2D eigenvalue weighted by atomic mass is 10.3. The predicted molar refractivity (Wildman–Crippen MR) is 71.5 cm³/mol. The average Bonchev–Trinajstić information content (AvgIpc) is 2.43. The molecule has 0 aliphatic carbocycles. The third-order valence-corrected chi connectivity index (χ3v) is 3.76. The van der Waals surface area contributed by atoms with Crippen molar-refractivity contribution in [2.75, 3.05) is 19.5 Å². The van der Waals surface area contributed by atoms with Crippen LogP contribution in [0.2, 0.25) is 0 Å². The number of nitrogens with zero attached hydrogens (tertiary/aromatic N) is 3. The Balaban J connectivity index is 2.11. The van der Waals surface area contributed by atoms with Gasteiger partial charge >= 0.3 is 6.01 Å². The van der Waals surface area contributed by atoms with Crippen LogP contribution in [-0.4, -0.2) is 29.2 Å². The topological polar surface area (TPSA) is 69.2 Å². The maximum atomic E-state index is 5.28. The lowest BCUT2D eigenvalue weighted by Crippen LogP contribution is -2.08. The molecule has 1 aliphatic heterocycles. The standard InChI is InChI=1S/C12H12N4O2S/c1-6-4-5-7-9(13-6)14-10-8(19-7)11(17-2)16-12(15-10)18-3/h4-5H,1-3H3,(H,13,14,15,16). The molecule has 0 saturated heterocycles. The molecule has 7 heteroatoms. The van der Waals surface area contributed by atoms with Crippen LogP contribution in [0.3, 0.4) is 0 Å². The maximum absolute atomic E-state index is 5.28. The first-order valence-corrected chi connectivity index (χ1v) is 6.45. The van der Waals surface area contributed by atoms with Crippen LogP contribution in [0, 0.1) is 6.92 Å². The third-order valence-electron chi connectivity index (χ3n) is 2.64. The van der Waals surface area contributed by atoms with E-state index in [2.05, 4.69) is 20.3 Å². The number of aryl methyl sites for hydroxylation is 1. The zero-order valence-electron chi connectivity index (χ0n) is 10.7. The van der Waals surface area contributed by atoms with E-state index < -0.39 is 0 Å². The Hall–Kier alpha value is -2.02. The molecule has 0 spiro atoms. The monoisotopic (exact) mass is 276 g/mol. The smallest absolute Gasteiger partial charge is 0.321 e. The van der Waals surface area contributed by atoms with Gasteiger partial charge in [0.05, 0.1) is 19.1 Å². The van der Waals surface area contributed by atoms with Gasteiger partial charge in [-0.2, -0.15) is 9.97 Å². The first kappa shape index (κ1) is 12.0. The summed E-state index contributed by atoms with van der Waals surface area (Å²) in [6, 6.07) is 4.25. The van der Waals surface area contributed by atoms with Crippen LogP contribution >= 0.6 is 11.8 Å². The molecule has 0 fully saturated rings. The highest BCUT2D eigenvalue weighted by Gasteiger charge is 2.24. The second-order valence-corrected chi connectivity index (χ2v) is 4.98. The minimum absolute atomic E-state index is 0.264. The van der Waals surface area contributed by atoms with Crippen molar-refractivity contribution in [2.24, 2.45) is 0 Å². The van der Waals surface area contributed by atoms with Gasteiger partial charge in [0.25, 0.3) is 0 Å². The number of hydrogen-bond acceptors (Lipinski definition) is 7. The molecular weight excluding hydrogens is 264 g/mol. The van der Waals surface area contributed by atoms with E-state index in [4.69, 9.17) is 9.47 Å². The molecule has 3 heterocycles. The van der Waals surface area contributed by atoms with Crippen LogP contribution in [0.5, 0.6) is 11.9 Å². The highest BCUT2D eigenvalue weighted by molar-refractivity contribution is 7.99. The zero-order chi connectivity index (χ0) is 13.4. The number of rotatable bonds is 2. The largest absolute Gasteiger partial charge is 0.480 e. The van der Waals surface area contributed by atoms with Gasteiger partial charge in [-0.05, 0) is 19.1 Å². The summed E-state index contributed by atoms with van der Waals surface area (Å²) in [5.41, 5.74) is 0.947. The van der Waals surface area contributed by atoms with Gasteiger partial charge in [-0.25, -0.2) is 4.98 Å². The number of aromatic nitrogens is 3. The number of nitrogens with one attached hydrogen (secondary N) is 1. The van der Waals surface area contributed by atoms with E-state index >= 15 is 0 Å². The summed E-state index contributed by atoms with van der Waals surface area (Å²) in [5.74, 6) is 1.94. The van der Waals surface area contributed by atoms with Crippen molar-refractivity contribution in [3.8, 4) is 11.9 Å². The van der Waals surface area contributed by atoms with E-state index in [1.807, 2.05) is 19.1 Å². The average molecular weight is 276 g/mol. The summed E-state index contributed by atoms with van der Waals surface area (Å²) < 4.78 is 10.3. The summed E-state index contributed by atoms with van der Waals surface area (Å²) in [6.07, 6.45) is 0. The fourth-order valence-electron chi connectivity index (χ4n) is 1.75. The number of methoxy groups -OCH3 is 2. The van der Waals surface area contributed by atoms with Gasteiger partial charge in [0.1, 0.15) is 10.7 Å². The molecule has 98 valence electrons. The Morgan fingerprint density at radius 2 is 1.89 bits per heavy atom. The van der Waals surface area contributed by atoms with E-state index in [-0.39, 0.29) is 6.01 Å². The SMILES string of the molecule is COc1nc2c(c(OC)n1)Sc1ccc(C)nc1N2. The van der Waals surface area contributed by atoms with Crippen molar-refractivity contribution in [3.63, 3.8) is 0 Å². The van der Waals surface area contributed by atoms with Gasteiger partial charge in [-0.3, -0.25) is 0 Å². The third kappa shape index (κ3) is 2.06. The van der Waals surface area contributed by atoms with E-state index in [0.29, 0.717) is 11.7 Å². The molecule has 2 aromatic heterocycles. The molecule has 6 nitrogen and oxygen atoms in total. The zero-order valence-corrected chi connectivity index (χ0v) is 11.5. The lowest BCUT2D eigenvalue weighted by molar-refractivity contribution is 0.346. The van der Waals surface area contributed by atoms with E-state index in [1.165, 1.54) is 18.9 Å². The van der Waals surface area contributed by atoms with Crippen molar-refractivity contribution >= 4 is 23.4 Å². The van der Waals surface area contributed by atoms with E-state index in [1.54, 1.807) is 7.11 Å². The highest BCUT2D eigenvalue weighted by Crippen LogP contribution is 2.46. The number of ether oxygens (including phenoxy) is 2. The first-order valence-electron chi connectivity index (χ1n) is 5.64. The minimum atomic E-state index is 0.264. The Morgan fingerprint density at radius 1 is 1.05 bits per heavy atom. The molecule has 0 unspecified atom stereocenters. The van der Waals surface area contributed by atoms with Gasteiger partial charge in [0.2, 0.25) is 5.88 Å². The summed E-state index contributed by atoms with van der Waals surface area (Å²) in [4.78, 5) is 14.8. The van der Waals surface area contributed by atoms with Crippen molar-refractivity contribution < 1.29 is 9.47 Å². The quantitative estimate of drug-likeness (QED) is 0.770. The van der Waals surface area contributed by atoms with Gasteiger partial charge in [0.15, 0.2) is 5.82 Å². The summed E-state index contributed by atoms with van der Waals surface area (Å²) >= 11 is 1.53. The maximum Gasteiger partial charge on any atom is 0.321 e. The fourth-order valence-corrected chi connectivity index (χ4v) is 2.71. The van der Waals surface area contributed by atoms with Crippen molar-refractivity contribution in [2.45, 2.75) is 16.7 Å². The van der Waals surface area contributed by atoms with E-state index in [9.17, 15) is 0 Å². The Kier molecular flexibility index (Phi) is 2.90. The lowest BCUT2D eigenvalue weighted by Gasteiger charge is -2.20. The molecule has 0 bridgehead atoms. The van der Waals surface area contributed by atoms with Gasteiger partial charge in [-0.15, -0.1) is 0 Å². The molecule has 1 aliphatic rings. The van der Waals surface area contributed by atoms with Gasteiger partial charge in [0, 0.05) is 5.69 Å². The fraction of sp³-hybridized carbons (Fsp3) is 0.250. The second-order valence-electron chi connectivity index (χ2n) is 3.92. The number of anilines is 2. The van der Waals surface area contributed by atoms with Crippen LogP contribution in [0.15, 0.2) is 21.9 Å². The normalized spacial score (nSPS) is 12.2. The first-order chi connectivity index (χ1) is 9.21. The van der Waals surface area contributed by atoms with E-state index in [0.717, 1.165) is 21.3 Å². The number of hydrogen-bond donors (Lipinski definition) is 1. The molecular formula is C12H12N4O2S. The second kappa shape index (κ2) is 4.58. The van der Waals surface area contributed by atoms with Gasteiger partial charge < -0.3 is 14.8 Å². The highest BCUT2D eigenvalue weighted by atomic mass is 32.2. The van der Waals surface area contributed by atoms with Crippen LogP contribution < -0.4 is 14.8 Å². The Labute approximate surface area is 114 Å². The Morgan fingerprint density at radius 3 is 2.63 bits per heavy atom. The predicted octanol–water partition coefficient (Wildman–Crippen LogP) is 2.41. The van der Waals surface area contributed by atoms with Crippen LogP contribution in [-0.2, 0) is 0 Å².